The Bertz CT molecular complexity index is 451. The Balaban J connectivity index is 2.62. The van der Waals surface area contributed by atoms with Crippen molar-refractivity contribution in [2.24, 2.45) is 0 Å². The van der Waals surface area contributed by atoms with Crippen LogP contribution in [0.3, 0.4) is 0 Å². The highest BCUT2D eigenvalue weighted by atomic mass is 16.5. The van der Waals surface area contributed by atoms with E-state index in [1.165, 1.54) is 0 Å². The van der Waals surface area contributed by atoms with Crippen molar-refractivity contribution >= 4 is 11.8 Å². The Kier molecular flexibility index (Phi) is 7.09. The molecule has 0 aromatic heterocycles. The number of carbonyl (C=O) groups excluding carboxylic acids is 2. The van der Waals surface area contributed by atoms with Gasteiger partial charge >= 0.3 is 5.97 Å². The van der Waals surface area contributed by atoms with E-state index in [1.54, 1.807) is 13.8 Å². The van der Waals surface area contributed by atoms with Crippen molar-refractivity contribution in [3.8, 4) is 0 Å². The summed E-state index contributed by atoms with van der Waals surface area (Å²) >= 11 is 0. The molecule has 4 nitrogen and oxygen atoms in total. The molecular formula is C17H24O4. The third-order valence-corrected chi connectivity index (χ3v) is 2.81. The lowest BCUT2D eigenvalue weighted by Crippen LogP contribution is -2.22. The lowest BCUT2D eigenvalue weighted by atomic mass is 10.0. The summed E-state index contributed by atoms with van der Waals surface area (Å²) in [5, 5.41) is 0. The van der Waals surface area contributed by atoms with Crippen molar-refractivity contribution in [2.75, 3.05) is 0 Å². The molecule has 0 saturated carbocycles. The van der Waals surface area contributed by atoms with Crippen molar-refractivity contribution in [3.05, 3.63) is 35.9 Å². The number of esters is 1. The first-order valence-corrected chi connectivity index (χ1v) is 7.34. The second-order valence-corrected chi connectivity index (χ2v) is 5.50. The Morgan fingerprint density at radius 1 is 1.00 bits per heavy atom. The monoisotopic (exact) mass is 292 g/mol. The van der Waals surface area contributed by atoms with E-state index in [1.807, 2.05) is 44.2 Å². The van der Waals surface area contributed by atoms with Crippen molar-refractivity contribution in [2.45, 2.75) is 58.8 Å². The molecule has 0 heterocycles. The topological polar surface area (TPSA) is 52.6 Å². The lowest BCUT2D eigenvalue weighted by Gasteiger charge is -2.20. The number of benzene rings is 1. The van der Waals surface area contributed by atoms with E-state index in [0.29, 0.717) is 6.42 Å². The highest BCUT2D eigenvalue weighted by Gasteiger charge is 2.21. The molecule has 0 amide bonds. The zero-order chi connectivity index (χ0) is 15.8. The molecule has 4 heteroatoms. The summed E-state index contributed by atoms with van der Waals surface area (Å²) in [5.41, 5.74) is 1.01. The largest absolute Gasteiger partial charge is 0.457 e. The summed E-state index contributed by atoms with van der Waals surface area (Å²) in [7, 11) is 0. The van der Waals surface area contributed by atoms with Crippen LogP contribution in [-0.4, -0.2) is 24.0 Å². The first-order chi connectivity index (χ1) is 9.90. The number of hydrogen-bond donors (Lipinski definition) is 0. The fraction of sp³-hybridized carbons (Fsp3) is 0.529. The SMILES string of the molecule is CC(C)OC(=O)C(=O)CCC(OC(C)C)c1ccccc1. The van der Waals surface area contributed by atoms with Gasteiger partial charge in [0.15, 0.2) is 0 Å². The van der Waals surface area contributed by atoms with Gasteiger partial charge in [-0.25, -0.2) is 4.79 Å². The van der Waals surface area contributed by atoms with E-state index in [9.17, 15) is 9.59 Å². The van der Waals surface area contributed by atoms with Crippen LogP contribution in [0.5, 0.6) is 0 Å². The summed E-state index contributed by atoms with van der Waals surface area (Å²) < 4.78 is 10.7. The zero-order valence-electron chi connectivity index (χ0n) is 13.2. The summed E-state index contributed by atoms with van der Waals surface area (Å²) in [5.74, 6) is -1.27. The quantitative estimate of drug-likeness (QED) is 0.544. The molecule has 21 heavy (non-hydrogen) atoms. The molecule has 0 aliphatic rings. The Morgan fingerprint density at radius 3 is 2.14 bits per heavy atom. The predicted molar refractivity (Wildman–Crippen MR) is 80.9 cm³/mol. The van der Waals surface area contributed by atoms with Gasteiger partial charge in [0.1, 0.15) is 0 Å². The van der Waals surface area contributed by atoms with Gasteiger partial charge in [-0.05, 0) is 39.7 Å². The zero-order valence-corrected chi connectivity index (χ0v) is 13.2. The number of carbonyl (C=O) groups is 2. The minimum Gasteiger partial charge on any atom is -0.457 e. The maximum absolute atomic E-state index is 11.8. The van der Waals surface area contributed by atoms with E-state index >= 15 is 0 Å². The highest BCUT2D eigenvalue weighted by Crippen LogP contribution is 2.24. The third kappa shape index (κ3) is 6.54. The van der Waals surface area contributed by atoms with Crippen molar-refractivity contribution in [1.82, 2.24) is 0 Å². The van der Waals surface area contributed by atoms with Gasteiger partial charge in [-0.2, -0.15) is 0 Å². The molecule has 1 atom stereocenters. The Hall–Kier alpha value is -1.68. The smallest absolute Gasteiger partial charge is 0.374 e. The Morgan fingerprint density at radius 2 is 1.62 bits per heavy atom. The molecule has 0 radical (unpaired) electrons. The van der Waals surface area contributed by atoms with Gasteiger partial charge in [-0.3, -0.25) is 4.79 Å². The van der Waals surface area contributed by atoms with E-state index in [2.05, 4.69) is 0 Å². The number of ether oxygens (including phenoxy) is 2. The van der Waals surface area contributed by atoms with Crippen molar-refractivity contribution < 1.29 is 19.1 Å². The minimum atomic E-state index is -0.763. The van der Waals surface area contributed by atoms with Gasteiger partial charge in [0.05, 0.1) is 18.3 Å². The molecule has 1 aromatic carbocycles. The lowest BCUT2D eigenvalue weighted by molar-refractivity contribution is -0.157. The minimum absolute atomic E-state index is 0.0490. The van der Waals surface area contributed by atoms with Gasteiger partial charge < -0.3 is 9.47 Å². The molecule has 1 unspecified atom stereocenters. The molecule has 0 saturated heterocycles. The first kappa shape index (κ1) is 17.4. The van der Waals surface area contributed by atoms with Gasteiger partial charge in [0, 0.05) is 6.42 Å². The summed E-state index contributed by atoms with van der Waals surface area (Å²) in [4.78, 5) is 23.3. The molecule has 1 rings (SSSR count). The second-order valence-electron chi connectivity index (χ2n) is 5.50. The van der Waals surface area contributed by atoms with Crippen molar-refractivity contribution in [3.63, 3.8) is 0 Å². The summed E-state index contributed by atoms with van der Waals surface area (Å²) in [6, 6.07) is 9.72. The average molecular weight is 292 g/mol. The number of hydrogen-bond acceptors (Lipinski definition) is 4. The molecule has 116 valence electrons. The van der Waals surface area contributed by atoms with Crippen LogP contribution in [-0.2, 0) is 19.1 Å². The molecule has 0 fully saturated rings. The maximum atomic E-state index is 11.8. The highest BCUT2D eigenvalue weighted by molar-refractivity contribution is 6.33. The van der Waals surface area contributed by atoms with Crippen molar-refractivity contribution in [1.29, 1.82) is 0 Å². The summed E-state index contributed by atoms with van der Waals surface area (Å²) in [6.07, 6.45) is 0.166. The van der Waals surface area contributed by atoms with E-state index < -0.39 is 11.8 Å². The number of ketones is 1. The number of Topliss-reactive ketones (excluding diaryl/α,β-unsaturated/α-hetero) is 1. The molecule has 0 bridgehead atoms. The third-order valence-electron chi connectivity index (χ3n) is 2.81. The summed E-state index contributed by atoms with van der Waals surface area (Å²) in [6.45, 7) is 7.34. The van der Waals surface area contributed by atoms with Gasteiger partial charge in [-0.1, -0.05) is 30.3 Å². The van der Waals surface area contributed by atoms with Crippen LogP contribution >= 0.6 is 0 Å². The fourth-order valence-corrected chi connectivity index (χ4v) is 1.95. The van der Waals surface area contributed by atoms with E-state index in [-0.39, 0.29) is 24.7 Å². The molecule has 0 spiro atoms. The molecular weight excluding hydrogens is 268 g/mol. The first-order valence-electron chi connectivity index (χ1n) is 7.34. The number of rotatable bonds is 8. The van der Waals surface area contributed by atoms with E-state index in [0.717, 1.165) is 5.56 Å². The van der Waals surface area contributed by atoms with Crippen LogP contribution in [0.1, 0.15) is 52.2 Å². The molecule has 0 N–H and O–H groups in total. The maximum Gasteiger partial charge on any atom is 0.374 e. The van der Waals surface area contributed by atoms with Gasteiger partial charge in [0.25, 0.3) is 0 Å². The fourth-order valence-electron chi connectivity index (χ4n) is 1.95. The van der Waals surface area contributed by atoms with Crippen LogP contribution in [0.15, 0.2) is 30.3 Å². The van der Waals surface area contributed by atoms with Crippen LogP contribution in [0, 0.1) is 0 Å². The van der Waals surface area contributed by atoms with Crippen LogP contribution in [0.4, 0.5) is 0 Å². The van der Waals surface area contributed by atoms with Crippen LogP contribution < -0.4 is 0 Å². The van der Waals surface area contributed by atoms with Crippen LogP contribution in [0.25, 0.3) is 0 Å². The molecule has 0 aliphatic carbocycles. The Labute approximate surface area is 126 Å². The predicted octanol–water partition coefficient (Wildman–Crippen LogP) is 3.45. The molecule has 1 aromatic rings. The van der Waals surface area contributed by atoms with Crippen LogP contribution in [0.2, 0.25) is 0 Å². The average Bonchev–Trinajstić information content (AvgIpc) is 2.42. The molecule has 0 aliphatic heterocycles. The normalized spacial score (nSPS) is 12.5. The van der Waals surface area contributed by atoms with Gasteiger partial charge in [-0.15, -0.1) is 0 Å². The van der Waals surface area contributed by atoms with E-state index in [4.69, 9.17) is 9.47 Å². The van der Waals surface area contributed by atoms with Gasteiger partial charge in [0.2, 0.25) is 5.78 Å². The standard InChI is InChI=1S/C17H24O4/c1-12(2)20-16(14-8-6-5-7-9-14)11-10-15(18)17(19)21-13(3)4/h5-9,12-13,16H,10-11H2,1-4H3. The second kappa shape index (κ2) is 8.57.